The molecule has 65 heavy (non-hydrogen) atoms. The number of methoxy groups -OCH3 is 2. The van der Waals surface area contributed by atoms with Crippen LogP contribution in [0, 0.1) is 27.9 Å². The summed E-state index contributed by atoms with van der Waals surface area (Å²) in [5, 5.41) is 38.6. The number of rotatable bonds is 22. The average Bonchev–Trinajstić information content (AvgIpc) is 3.31. The Labute approximate surface area is 383 Å². The zero-order valence-corrected chi connectivity index (χ0v) is 37.6. The van der Waals surface area contributed by atoms with E-state index in [0.29, 0.717) is 66.3 Å². The highest BCUT2D eigenvalue weighted by Crippen LogP contribution is 2.62. The Morgan fingerprint density at radius 3 is 2.45 bits per heavy atom. The van der Waals surface area contributed by atoms with E-state index in [1.807, 2.05) is 0 Å². The van der Waals surface area contributed by atoms with Crippen LogP contribution in [0.15, 0.2) is 90.1 Å². The maximum Gasteiger partial charge on any atom is 0.417 e. The van der Waals surface area contributed by atoms with Gasteiger partial charge in [0.1, 0.15) is 42.3 Å². The predicted octanol–water partition coefficient (Wildman–Crippen LogP) is 8.36. The number of nitro benzene ring substituents is 1. The number of unbranched alkanes of at least 4 members (excludes halogenated alkanes) is 2. The number of carbonyl (C=O) groups is 2. The number of carbonyl (C=O) groups excluding carboxylic acids is 2. The first-order chi connectivity index (χ1) is 31.5. The van der Waals surface area contributed by atoms with Crippen LogP contribution >= 0.6 is 11.6 Å². The maximum atomic E-state index is 13.8. The summed E-state index contributed by atoms with van der Waals surface area (Å²) in [6, 6.07) is 15.2. The Morgan fingerprint density at radius 2 is 1.77 bits per heavy atom. The number of benzene rings is 3. The number of aliphatic hydroxyl groups is 2. The number of aliphatic hydroxyl groups excluding tert-OH is 2. The molecule has 17 nitrogen and oxygen atoms in total. The molecule has 3 aromatic carbocycles. The topological polar surface area (TPSA) is 210 Å². The summed E-state index contributed by atoms with van der Waals surface area (Å²) < 4.78 is 36.3. The molecule has 3 aliphatic rings. The first kappa shape index (κ1) is 48.6. The molecule has 3 N–H and O–H groups in total. The highest BCUT2D eigenvalue weighted by Gasteiger charge is 2.65. The van der Waals surface area contributed by atoms with Crippen molar-refractivity contribution in [3.8, 4) is 23.0 Å². The molecule has 6 rings (SSSR count). The van der Waals surface area contributed by atoms with Crippen molar-refractivity contribution >= 4 is 40.9 Å². The number of ether oxygens (including phenoxy) is 6. The number of nitrogens with one attached hydrogen (secondary N) is 1. The van der Waals surface area contributed by atoms with Gasteiger partial charge in [0.05, 0.1) is 48.9 Å². The largest absolute Gasteiger partial charge is 0.497 e. The number of anilines is 1. The second-order valence-electron chi connectivity index (χ2n) is 16.0. The van der Waals surface area contributed by atoms with Gasteiger partial charge in [-0.15, -0.1) is 18.2 Å². The third kappa shape index (κ3) is 11.2. The third-order valence-corrected chi connectivity index (χ3v) is 12.3. The number of oxime groups is 1. The van der Waals surface area contributed by atoms with E-state index >= 15 is 0 Å². The van der Waals surface area contributed by atoms with Crippen LogP contribution in [-0.2, 0) is 20.9 Å². The Balaban J connectivity index is 1.49. The minimum atomic E-state index is -1.56. The second kappa shape index (κ2) is 22.8. The molecule has 0 saturated heterocycles. The van der Waals surface area contributed by atoms with Crippen LogP contribution in [0.5, 0.6) is 23.0 Å². The monoisotopic (exact) mass is 920 g/mol. The minimum absolute atomic E-state index is 0.00649. The van der Waals surface area contributed by atoms with Gasteiger partial charge in [-0.25, -0.2) is 9.59 Å². The number of hydrogen-bond donors (Lipinski definition) is 3. The molecule has 1 aliphatic heterocycles. The standard InChI is InChI=1S/C47H57ClN4O13/c1-5-23-62-47-42(51(2)46(56)61-24-20-48)28-39(50-63-29-30-12-14-32(15-13-30)52(57)58)36-25-31(10-6-8-21-53)35(11-7-9-22-54)43(44(36)47)37-26-34(17-19-40(37)65-47)64-45(55)49-38-18-16-33(59-3)27-41(38)60-4/h5,12-19,25-27,31,35,42-44,53-54H,1,6-11,20-24,28-29H2,2-4H3,(H,49,55). The fraction of sp³-hybridized carbons (Fsp3) is 0.468. The summed E-state index contributed by atoms with van der Waals surface area (Å²) in [5.74, 6) is -1.13. The van der Waals surface area contributed by atoms with Gasteiger partial charge in [-0.2, -0.15) is 0 Å². The van der Waals surface area contributed by atoms with Crippen LogP contribution in [0.1, 0.15) is 62.0 Å². The maximum absolute atomic E-state index is 13.8. The average molecular weight is 921 g/mol. The van der Waals surface area contributed by atoms with Gasteiger partial charge in [-0.05, 0) is 91.1 Å². The lowest BCUT2D eigenvalue weighted by atomic mass is 9.55. The van der Waals surface area contributed by atoms with E-state index in [1.54, 1.807) is 61.7 Å². The van der Waals surface area contributed by atoms with E-state index in [0.717, 1.165) is 17.6 Å². The number of amides is 2. The summed E-state index contributed by atoms with van der Waals surface area (Å²) in [5.41, 5.74) is 2.98. The number of nitrogens with zero attached hydrogens (tertiary/aromatic N) is 3. The van der Waals surface area contributed by atoms with Gasteiger partial charge >= 0.3 is 12.2 Å². The fourth-order valence-corrected chi connectivity index (χ4v) is 9.27. The normalized spacial score (nSPS) is 22.3. The highest BCUT2D eigenvalue weighted by atomic mass is 35.5. The van der Waals surface area contributed by atoms with Gasteiger partial charge in [0.25, 0.3) is 5.69 Å². The van der Waals surface area contributed by atoms with Crippen LogP contribution in [0.2, 0.25) is 0 Å². The van der Waals surface area contributed by atoms with Crippen LogP contribution in [0.25, 0.3) is 0 Å². The molecule has 2 amide bonds. The van der Waals surface area contributed by atoms with E-state index in [1.165, 1.54) is 31.3 Å². The molecule has 6 unspecified atom stereocenters. The van der Waals surface area contributed by atoms with Gasteiger partial charge in [0.15, 0.2) is 0 Å². The molecule has 350 valence electrons. The van der Waals surface area contributed by atoms with Crippen molar-refractivity contribution in [1.82, 2.24) is 4.90 Å². The molecular formula is C47H57ClN4O13. The number of halogens is 1. The molecule has 18 heteroatoms. The molecule has 0 spiro atoms. The lowest BCUT2D eigenvalue weighted by Gasteiger charge is -2.59. The van der Waals surface area contributed by atoms with Crippen LogP contribution in [0.4, 0.5) is 21.0 Å². The lowest BCUT2D eigenvalue weighted by Crippen LogP contribution is -2.69. The van der Waals surface area contributed by atoms with Crippen molar-refractivity contribution in [1.29, 1.82) is 0 Å². The smallest absolute Gasteiger partial charge is 0.417 e. The molecule has 1 heterocycles. The van der Waals surface area contributed by atoms with E-state index in [4.69, 9.17) is 50.0 Å². The van der Waals surface area contributed by atoms with E-state index in [9.17, 15) is 29.9 Å². The van der Waals surface area contributed by atoms with Crippen molar-refractivity contribution in [2.24, 2.45) is 22.9 Å². The molecule has 1 fully saturated rings. The molecule has 3 aromatic rings. The summed E-state index contributed by atoms with van der Waals surface area (Å²) >= 11 is 5.95. The van der Waals surface area contributed by atoms with E-state index in [-0.39, 0.29) is 68.6 Å². The quantitative estimate of drug-likeness (QED) is 0.0285. The van der Waals surface area contributed by atoms with Crippen LogP contribution < -0.4 is 24.3 Å². The number of non-ortho nitro benzene ring substituents is 1. The summed E-state index contributed by atoms with van der Waals surface area (Å²) in [4.78, 5) is 45.6. The molecule has 0 bridgehead atoms. The second-order valence-corrected chi connectivity index (χ2v) is 16.3. The zero-order chi connectivity index (χ0) is 46.5. The van der Waals surface area contributed by atoms with Gasteiger partial charge < -0.3 is 48.4 Å². The summed E-state index contributed by atoms with van der Waals surface area (Å²) in [7, 11) is 4.61. The summed E-state index contributed by atoms with van der Waals surface area (Å²) in [6.07, 6.45) is 6.42. The van der Waals surface area contributed by atoms with Gasteiger partial charge in [0.2, 0.25) is 5.79 Å². The number of allylic oxidation sites excluding steroid dienone is 1. The van der Waals surface area contributed by atoms with E-state index in [2.05, 4.69) is 18.0 Å². The molecule has 1 saturated carbocycles. The summed E-state index contributed by atoms with van der Waals surface area (Å²) in [6.45, 7) is 3.98. The Hall–Kier alpha value is -5.88. The Bertz CT molecular complexity index is 2200. The Kier molecular flexibility index (Phi) is 17.1. The number of alkyl halides is 1. The molecule has 2 aliphatic carbocycles. The molecule has 0 aromatic heterocycles. The van der Waals surface area contributed by atoms with Crippen LogP contribution in [-0.4, -0.2) is 103 Å². The highest BCUT2D eigenvalue weighted by molar-refractivity contribution is 6.18. The minimum Gasteiger partial charge on any atom is -0.497 e. The van der Waals surface area contributed by atoms with Gasteiger partial charge in [-0.1, -0.05) is 30.1 Å². The number of hydrogen-bond acceptors (Lipinski definition) is 14. The molecule has 0 radical (unpaired) electrons. The van der Waals surface area contributed by atoms with Crippen molar-refractivity contribution in [3.63, 3.8) is 0 Å². The lowest BCUT2D eigenvalue weighted by molar-refractivity contribution is -0.384. The fourth-order valence-electron chi connectivity index (χ4n) is 9.19. The van der Waals surface area contributed by atoms with Gasteiger partial charge in [0, 0.05) is 56.4 Å². The van der Waals surface area contributed by atoms with Crippen molar-refractivity contribution in [3.05, 3.63) is 106 Å². The first-order valence-corrected chi connectivity index (χ1v) is 22.2. The number of fused-ring (bicyclic) bond motifs is 2. The number of nitro groups is 1. The van der Waals surface area contributed by atoms with Crippen LogP contribution in [0.3, 0.4) is 0 Å². The van der Waals surface area contributed by atoms with Gasteiger partial charge in [-0.3, -0.25) is 15.4 Å². The molecule has 6 atom stereocenters. The zero-order valence-electron chi connectivity index (χ0n) is 36.8. The Morgan fingerprint density at radius 1 is 1.03 bits per heavy atom. The van der Waals surface area contributed by atoms with Crippen molar-refractivity contribution in [2.75, 3.05) is 58.9 Å². The van der Waals surface area contributed by atoms with Crippen molar-refractivity contribution in [2.45, 2.75) is 69.3 Å². The van der Waals surface area contributed by atoms with Crippen molar-refractivity contribution < 1.29 is 58.0 Å². The predicted molar refractivity (Wildman–Crippen MR) is 242 cm³/mol. The number of likely N-dealkylation sites (N-methyl/N-ethyl adjacent to an activating group) is 1. The molecular weight excluding hydrogens is 864 g/mol. The SMILES string of the molecule is C=CCOC12Oc3ccc(OC(=O)Nc4ccc(OC)cc4OC)cc3C3C(CCCCO)C(CCCCO)C=C(C(=NOCc4ccc([N+](=O)[O-])cc4)CC1N(C)C(=O)OCCCl)C32. The third-order valence-electron chi connectivity index (χ3n) is 12.1. The van der Waals surface area contributed by atoms with E-state index < -0.39 is 40.8 Å². The first-order valence-electron chi connectivity index (χ1n) is 21.6.